The second-order valence-corrected chi connectivity index (χ2v) is 24.1. The molecule has 0 aliphatic heterocycles. The molecule has 0 saturated carbocycles. The zero-order chi connectivity index (χ0) is 64.7. The van der Waals surface area contributed by atoms with Crippen LogP contribution in [0.1, 0.15) is 258 Å². The Balaban J connectivity index is 4.21. The van der Waals surface area contributed by atoms with Gasteiger partial charge in [-0.2, -0.15) is 0 Å². The Hall–Kier alpha value is -5.35. The van der Waals surface area contributed by atoms with E-state index in [0.29, 0.717) is 17.4 Å². The molecule has 0 aliphatic carbocycles. The Labute approximate surface area is 546 Å². The molecule has 0 aromatic heterocycles. The van der Waals surface area contributed by atoms with Gasteiger partial charge in [0.25, 0.3) is 6.29 Å². The SMILES string of the molecule is CC/C=C\C/C=C\C/C=C\C/C=C\C/C=C\C/C=C\C/C=C\C/C=C\C/C=C\CCCCCCCCCC(=O)OC(COC(=O)CCCCCCCCCCCCCCC/C=C\C/C=C\C/C=C\C/C=C\C/C=C\CC)COC(OCC[N+](C)(C)C)C(=O)O. The number of ether oxygens (including phenoxy) is 4. The average molecular weight is 1230 g/mol. The third-order valence-corrected chi connectivity index (χ3v) is 14.5. The van der Waals surface area contributed by atoms with Gasteiger partial charge in [0.15, 0.2) is 6.10 Å². The maximum Gasteiger partial charge on any atom is 0.361 e. The number of quaternary nitrogens is 1. The first-order valence-electron chi connectivity index (χ1n) is 35.3. The molecule has 0 aliphatic rings. The van der Waals surface area contributed by atoms with Crippen molar-refractivity contribution >= 4 is 17.9 Å². The van der Waals surface area contributed by atoms with E-state index in [2.05, 4.69) is 184 Å². The van der Waals surface area contributed by atoms with Gasteiger partial charge in [-0.15, -0.1) is 0 Å². The summed E-state index contributed by atoms with van der Waals surface area (Å²) >= 11 is 0. The van der Waals surface area contributed by atoms with Crippen LogP contribution in [0.2, 0.25) is 0 Å². The average Bonchev–Trinajstić information content (AvgIpc) is 3.64. The molecular formula is C80H130NO8+. The molecule has 0 spiro atoms. The van der Waals surface area contributed by atoms with Crippen molar-refractivity contribution in [3.8, 4) is 0 Å². The number of hydrogen-bond acceptors (Lipinski definition) is 7. The monoisotopic (exact) mass is 1230 g/mol. The number of likely N-dealkylation sites (N-methyl/N-ethyl adjacent to an activating group) is 1. The van der Waals surface area contributed by atoms with Gasteiger partial charge in [0.05, 0.1) is 34.4 Å². The highest BCUT2D eigenvalue weighted by atomic mass is 16.7. The summed E-state index contributed by atoms with van der Waals surface area (Å²) in [6.07, 6.45) is 100. The van der Waals surface area contributed by atoms with E-state index < -0.39 is 24.3 Å². The number of allylic oxidation sites excluding steroid dienone is 28. The maximum atomic E-state index is 13.0. The molecule has 0 fully saturated rings. The number of rotatable bonds is 63. The van der Waals surface area contributed by atoms with Crippen molar-refractivity contribution in [2.24, 2.45) is 0 Å². The first-order valence-corrected chi connectivity index (χ1v) is 35.3. The van der Waals surface area contributed by atoms with Gasteiger partial charge in [-0.05, 0) is 128 Å². The van der Waals surface area contributed by atoms with Crippen molar-refractivity contribution in [1.82, 2.24) is 0 Å². The highest BCUT2D eigenvalue weighted by Crippen LogP contribution is 2.16. The Morgan fingerprint density at radius 2 is 0.607 bits per heavy atom. The Morgan fingerprint density at radius 1 is 0.337 bits per heavy atom. The molecule has 9 nitrogen and oxygen atoms in total. The van der Waals surface area contributed by atoms with E-state index in [1.807, 2.05) is 21.1 Å². The first-order chi connectivity index (χ1) is 43.6. The molecule has 0 heterocycles. The molecule has 0 saturated heterocycles. The normalized spacial score (nSPS) is 13.8. The quantitative estimate of drug-likeness (QED) is 0.0211. The largest absolute Gasteiger partial charge is 0.477 e. The van der Waals surface area contributed by atoms with Crippen LogP contribution in [0.3, 0.4) is 0 Å². The van der Waals surface area contributed by atoms with Crippen molar-refractivity contribution in [3.05, 3.63) is 170 Å². The third-order valence-electron chi connectivity index (χ3n) is 14.5. The van der Waals surface area contributed by atoms with E-state index in [9.17, 15) is 19.5 Å². The van der Waals surface area contributed by atoms with Crippen LogP contribution in [-0.4, -0.2) is 87.4 Å². The summed E-state index contributed by atoms with van der Waals surface area (Å²) in [5.74, 6) is -2.03. The fourth-order valence-electron chi connectivity index (χ4n) is 9.15. The van der Waals surface area contributed by atoms with Crippen LogP contribution in [0.4, 0.5) is 0 Å². The van der Waals surface area contributed by atoms with Crippen LogP contribution in [0, 0.1) is 0 Å². The van der Waals surface area contributed by atoms with E-state index in [1.165, 1.54) is 89.9 Å². The topological polar surface area (TPSA) is 108 Å². The second-order valence-electron chi connectivity index (χ2n) is 24.1. The molecule has 0 amide bonds. The lowest BCUT2D eigenvalue weighted by atomic mass is 10.0. The van der Waals surface area contributed by atoms with Gasteiger partial charge >= 0.3 is 17.9 Å². The lowest BCUT2D eigenvalue weighted by Crippen LogP contribution is -2.40. The summed E-state index contributed by atoms with van der Waals surface area (Å²) < 4.78 is 23.0. The van der Waals surface area contributed by atoms with Gasteiger partial charge in [-0.25, -0.2) is 4.79 Å². The van der Waals surface area contributed by atoms with E-state index >= 15 is 0 Å². The minimum Gasteiger partial charge on any atom is -0.477 e. The molecule has 1 N–H and O–H groups in total. The minimum absolute atomic E-state index is 0.176. The number of aliphatic carboxylic acids is 1. The van der Waals surface area contributed by atoms with Gasteiger partial charge < -0.3 is 28.5 Å². The summed E-state index contributed by atoms with van der Waals surface area (Å²) in [5.41, 5.74) is 0. The molecule has 0 aromatic rings. The number of carboxylic acids is 1. The van der Waals surface area contributed by atoms with Crippen molar-refractivity contribution in [3.63, 3.8) is 0 Å². The van der Waals surface area contributed by atoms with Crippen LogP contribution >= 0.6 is 0 Å². The summed E-state index contributed by atoms with van der Waals surface area (Å²) in [5, 5.41) is 9.75. The van der Waals surface area contributed by atoms with Crippen molar-refractivity contribution < 1.29 is 42.9 Å². The highest BCUT2D eigenvalue weighted by Gasteiger charge is 2.25. The molecule has 0 rings (SSSR count). The predicted molar refractivity (Wildman–Crippen MR) is 382 cm³/mol. The number of esters is 2. The lowest BCUT2D eigenvalue weighted by molar-refractivity contribution is -0.870. The van der Waals surface area contributed by atoms with Gasteiger partial charge in [0, 0.05) is 12.8 Å². The molecular weight excluding hydrogens is 1100 g/mol. The molecule has 0 radical (unpaired) electrons. The Morgan fingerprint density at radius 3 is 0.899 bits per heavy atom. The predicted octanol–water partition coefficient (Wildman–Crippen LogP) is 22.2. The fraction of sp³-hybridized carbons (Fsp3) is 0.613. The molecule has 9 heteroatoms. The van der Waals surface area contributed by atoms with E-state index in [0.717, 1.165) is 135 Å². The summed E-state index contributed by atoms with van der Waals surface area (Å²) in [7, 11) is 5.96. The van der Waals surface area contributed by atoms with Crippen LogP contribution in [-0.2, 0) is 33.3 Å². The van der Waals surface area contributed by atoms with Crippen LogP contribution in [0.5, 0.6) is 0 Å². The van der Waals surface area contributed by atoms with Crippen LogP contribution in [0.15, 0.2) is 170 Å². The van der Waals surface area contributed by atoms with Gasteiger partial charge in [-0.1, -0.05) is 287 Å². The van der Waals surface area contributed by atoms with Gasteiger partial charge in [0.1, 0.15) is 13.2 Å². The van der Waals surface area contributed by atoms with Gasteiger partial charge in [-0.3, -0.25) is 9.59 Å². The lowest BCUT2D eigenvalue weighted by Gasteiger charge is -2.25. The number of unbranched alkanes of at least 4 members (excludes halogenated alkanes) is 20. The van der Waals surface area contributed by atoms with Crippen LogP contribution in [0.25, 0.3) is 0 Å². The highest BCUT2D eigenvalue weighted by molar-refractivity contribution is 5.71. The molecule has 89 heavy (non-hydrogen) atoms. The summed E-state index contributed by atoms with van der Waals surface area (Å²) in [6, 6.07) is 0. The number of hydrogen-bond donors (Lipinski definition) is 1. The van der Waals surface area contributed by atoms with Gasteiger partial charge in [0.2, 0.25) is 0 Å². The standard InChI is InChI=1S/C80H129NO8/c1-6-8-10-12-14-16-18-20-22-24-26-28-30-32-34-36-37-38-39-40-41-43-45-47-49-51-53-55-57-59-61-63-65-67-69-71-78(83)89-76(75-88-80(79(84)85)86-73-72-81(3,4)5)74-87-77(82)70-68-66-64-62-60-58-56-54-52-50-48-46-44-42-35-33-31-29-27-25-23-21-19-17-15-13-11-9-7-2/h8-11,14-17,20-23,26-29,32-35,37-38,40-41,45,47,51,53,76,80H,6-7,12-13,18-19,24-25,30-31,36,39,42-44,46,48-50,52,54-75H2,1-5H3/p+1/b10-8-,11-9-,16-14-,17-15-,22-20-,23-21-,28-26-,29-27-,34-32-,35-33-,38-37-,41-40-,47-45-,53-51-. The second kappa shape index (κ2) is 68.6. The molecule has 2 atom stereocenters. The van der Waals surface area contributed by atoms with E-state index in [-0.39, 0.29) is 38.6 Å². The van der Waals surface area contributed by atoms with E-state index in [1.54, 1.807) is 0 Å². The maximum absolute atomic E-state index is 13.0. The molecule has 0 aromatic carbocycles. The smallest absolute Gasteiger partial charge is 0.361 e. The van der Waals surface area contributed by atoms with Crippen LogP contribution < -0.4 is 0 Å². The summed E-state index contributed by atoms with van der Waals surface area (Å²) in [4.78, 5) is 37.7. The Bertz CT molecular complexity index is 2070. The fourth-order valence-corrected chi connectivity index (χ4v) is 9.15. The number of carbonyl (C=O) groups excluding carboxylic acids is 2. The summed E-state index contributed by atoms with van der Waals surface area (Å²) in [6.45, 7) is 4.63. The minimum atomic E-state index is -1.53. The van der Waals surface area contributed by atoms with Crippen molar-refractivity contribution in [1.29, 1.82) is 0 Å². The molecule has 2 unspecified atom stereocenters. The number of carboxylic acid groups (broad SMARTS) is 1. The zero-order valence-corrected chi connectivity index (χ0v) is 57.3. The van der Waals surface area contributed by atoms with Crippen molar-refractivity contribution in [2.45, 2.75) is 270 Å². The first kappa shape index (κ1) is 83.7. The number of nitrogens with zero attached hydrogens (tertiary/aromatic N) is 1. The van der Waals surface area contributed by atoms with Crippen molar-refractivity contribution in [2.75, 3.05) is 47.5 Å². The molecule has 502 valence electrons. The zero-order valence-electron chi connectivity index (χ0n) is 57.3. The number of carbonyl (C=O) groups is 3. The van der Waals surface area contributed by atoms with E-state index in [4.69, 9.17) is 18.9 Å². The Kier molecular flexibility index (Phi) is 64.4. The third kappa shape index (κ3) is 70.0. The molecule has 0 bridgehead atoms.